The molecule has 21 heavy (non-hydrogen) atoms. The Balaban J connectivity index is 0.00000400. The van der Waals surface area contributed by atoms with Crippen LogP contribution in [0.4, 0.5) is 0 Å². The van der Waals surface area contributed by atoms with E-state index in [1.165, 1.54) is 5.56 Å². The summed E-state index contributed by atoms with van der Waals surface area (Å²) in [6, 6.07) is 2.11. The molecule has 0 aromatic carbocycles. The molecule has 0 radical (unpaired) electrons. The number of hydrogen-bond donors (Lipinski definition) is 2. The first-order valence-electron chi connectivity index (χ1n) is 6.97. The zero-order valence-electron chi connectivity index (χ0n) is 13.1. The molecule has 0 spiro atoms. The minimum atomic E-state index is 0. The molecule has 0 unspecified atom stereocenters. The lowest BCUT2D eigenvalue weighted by Gasteiger charge is -2.17. The van der Waals surface area contributed by atoms with Crippen molar-refractivity contribution in [1.82, 2.24) is 15.5 Å². The number of halogens is 1. The fourth-order valence-electron chi connectivity index (χ4n) is 1.62. The van der Waals surface area contributed by atoms with Crippen LogP contribution in [0.1, 0.15) is 12.5 Å². The molecule has 0 fully saturated rings. The van der Waals surface area contributed by atoms with Crippen LogP contribution in [0.5, 0.6) is 0 Å². The lowest BCUT2D eigenvalue weighted by molar-refractivity contribution is 0.162. The van der Waals surface area contributed by atoms with E-state index in [1.54, 1.807) is 18.4 Å². The topological polar surface area (TPSA) is 48.9 Å². The van der Waals surface area contributed by atoms with Crippen molar-refractivity contribution < 1.29 is 4.74 Å². The fraction of sp³-hybridized carbons (Fsp3) is 0.643. The second-order valence-corrected chi connectivity index (χ2v) is 5.33. The number of likely N-dealkylation sites (N-methyl/N-ethyl adjacent to an activating group) is 1. The third-order valence-corrected chi connectivity index (χ3v) is 3.54. The Kier molecular flexibility index (Phi) is 13.1. The Morgan fingerprint density at radius 3 is 2.81 bits per heavy atom. The average molecular weight is 426 g/mol. The van der Waals surface area contributed by atoms with E-state index < -0.39 is 0 Å². The van der Waals surface area contributed by atoms with Gasteiger partial charge in [0.1, 0.15) is 0 Å². The molecule has 122 valence electrons. The van der Waals surface area contributed by atoms with Crippen molar-refractivity contribution in [2.24, 2.45) is 4.99 Å². The maximum Gasteiger partial charge on any atom is 0.191 e. The van der Waals surface area contributed by atoms with Crippen molar-refractivity contribution in [3.8, 4) is 0 Å². The lowest BCUT2D eigenvalue weighted by Crippen LogP contribution is -2.41. The normalized spacial score (nSPS) is 11.3. The van der Waals surface area contributed by atoms with Crippen LogP contribution < -0.4 is 10.6 Å². The van der Waals surface area contributed by atoms with Crippen molar-refractivity contribution >= 4 is 41.3 Å². The molecule has 2 N–H and O–H groups in total. The highest BCUT2D eigenvalue weighted by Gasteiger charge is 2.00. The van der Waals surface area contributed by atoms with Crippen LogP contribution in [0.2, 0.25) is 0 Å². The Morgan fingerprint density at radius 2 is 2.19 bits per heavy atom. The Hall–Kier alpha value is -0.380. The van der Waals surface area contributed by atoms with Crippen molar-refractivity contribution in [1.29, 1.82) is 0 Å². The number of hydrogen-bond acceptors (Lipinski definition) is 4. The summed E-state index contributed by atoms with van der Waals surface area (Å²) in [5.41, 5.74) is 1.25. The van der Waals surface area contributed by atoms with Gasteiger partial charge in [-0.3, -0.25) is 0 Å². The standard InChI is InChI=1S/C14H26N4OS.HI/c1-4-15-14(17-11-13-5-10-20-12-13)16-6-7-18(2)8-9-19-3;/h5,10,12H,4,6-9,11H2,1-3H3,(H2,15,16,17);1H. The summed E-state index contributed by atoms with van der Waals surface area (Å²) in [6.07, 6.45) is 0. The minimum Gasteiger partial charge on any atom is -0.383 e. The predicted molar refractivity (Wildman–Crippen MR) is 102 cm³/mol. The molecule has 7 heteroatoms. The van der Waals surface area contributed by atoms with Gasteiger partial charge < -0.3 is 20.3 Å². The van der Waals surface area contributed by atoms with Crippen LogP contribution in [-0.4, -0.2) is 57.8 Å². The van der Waals surface area contributed by atoms with E-state index in [4.69, 9.17) is 4.74 Å². The summed E-state index contributed by atoms with van der Waals surface area (Å²) < 4.78 is 5.06. The number of rotatable bonds is 9. The summed E-state index contributed by atoms with van der Waals surface area (Å²) in [6.45, 7) is 7.21. The van der Waals surface area contributed by atoms with Crippen LogP contribution in [-0.2, 0) is 11.3 Å². The van der Waals surface area contributed by atoms with Crippen LogP contribution in [0.15, 0.2) is 21.8 Å². The maximum absolute atomic E-state index is 5.06. The number of thiophene rings is 1. The smallest absolute Gasteiger partial charge is 0.191 e. The van der Waals surface area contributed by atoms with Gasteiger partial charge in [0.2, 0.25) is 0 Å². The summed E-state index contributed by atoms with van der Waals surface area (Å²) >= 11 is 1.71. The largest absolute Gasteiger partial charge is 0.383 e. The van der Waals surface area contributed by atoms with Crippen LogP contribution in [0, 0.1) is 0 Å². The third kappa shape index (κ3) is 10.0. The summed E-state index contributed by atoms with van der Waals surface area (Å²) in [7, 11) is 3.82. The molecular formula is C14H27IN4OS. The van der Waals surface area contributed by atoms with Gasteiger partial charge >= 0.3 is 0 Å². The molecule has 0 amide bonds. The van der Waals surface area contributed by atoms with Crippen LogP contribution in [0.25, 0.3) is 0 Å². The van der Waals surface area contributed by atoms with E-state index in [2.05, 4.69) is 51.3 Å². The Labute approximate surface area is 149 Å². The second-order valence-electron chi connectivity index (χ2n) is 4.55. The maximum atomic E-state index is 5.06. The molecule has 1 aromatic rings. The second kappa shape index (κ2) is 13.3. The highest BCUT2D eigenvalue weighted by molar-refractivity contribution is 14.0. The minimum absolute atomic E-state index is 0. The van der Waals surface area contributed by atoms with E-state index >= 15 is 0 Å². The molecular weight excluding hydrogens is 399 g/mol. The van der Waals surface area contributed by atoms with E-state index in [0.717, 1.165) is 45.3 Å². The zero-order chi connectivity index (χ0) is 14.6. The van der Waals surface area contributed by atoms with Gasteiger partial charge in [-0.05, 0) is 36.4 Å². The number of aliphatic imine (C=N–C) groups is 1. The summed E-state index contributed by atoms with van der Waals surface area (Å²) in [5.74, 6) is 0.874. The van der Waals surface area contributed by atoms with E-state index in [9.17, 15) is 0 Å². The molecule has 0 saturated heterocycles. The SMILES string of the molecule is CCNC(=NCc1ccsc1)NCCN(C)CCOC.I. The number of guanidine groups is 1. The molecule has 1 aromatic heterocycles. The third-order valence-electron chi connectivity index (χ3n) is 2.81. The number of methoxy groups -OCH3 is 1. The van der Waals surface area contributed by atoms with Crippen molar-refractivity contribution in [2.45, 2.75) is 13.5 Å². The van der Waals surface area contributed by atoms with Gasteiger partial charge in [0.15, 0.2) is 5.96 Å². The first-order chi connectivity index (χ1) is 9.76. The van der Waals surface area contributed by atoms with E-state index in [-0.39, 0.29) is 24.0 Å². The average Bonchev–Trinajstić information content (AvgIpc) is 2.95. The Morgan fingerprint density at radius 1 is 1.38 bits per heavy atom. The van der Waals surface area contributed by atoms with E-state index in [0.29, 0.717) is 0 Å². The predicted octanol–water partition coefficient (Wildman–Crippen LogP) is 2.00. The molecule has 0 aliphatic carbocycles. The lowest BCUT2D eigenvalue weighted by atomic mass is 10.3. The first-order valence-corrected chi connectivity index (χ1v) is 7.91. The molecule has 0 saturated carbocycles. The van der Waals surface area contributed by atoms with Gasteiger partial charge in [0.25, 0.3) is 0 Å². The quantitative estimate of drug-likeness (QED) is 0.360. The summed E-state index contributed by atoms with van der Waals surface area (Å²) in [4.78, 5) is 6.81. The Bertz CT molecular complexity index is 373. The molecule has 0 aliphatic rings. The number of nitrogens with zero attached hydrogens (tertiary/aromatic N) is 2. The van der Waals surface area contributed by atoms with Gasteiger partial charge in [0, 0.05) is 33.3 Å². The highest BCUT2D eigenvalue weighted by atomic mass is 127. The molecule has 1 rings (SSSR count). The van der Waals surface area contributed by atoms with Gasteiger partial charge in [-0.2, -0.15) is 11.3 Å². The van der Waals surface area contributed by atoms with Gasteiger partial charge in [-0.15, -0.1) is 24.0 Å². The highest BCUT2D eigenvalue weighted by Crippen LogP contribution is 2.06. The molecule has 0 aliphatic heterocycles. The zero-order valence-corrected chi connectivity index (χ0v) is 16.2. The van der Waals surface area contributed by atoms with Gasteiger partial charge in [-0.1, -0.05) is 0 Å². The number of nitrogens with one attached hydrogen (secondary N) is 2. The monoisotopic (exact) mass is 426 g/mol. The fourth-order valence-corrected chi connectivity index (χ4v) is 2.28. The molecule has 5 nitrogen and oxygen atoms in total. The number of ether oxygens (including phenoxy) is 1. The van der Waals surface area contributed by atoms with Crippen LogP contribution in [0.3, 0.4) is 0 Å². The first kappa shape index (κ1) is 20.6. The van der Waals surface area contributed by atoms with Gasteiger partial charge in [0.05, 0.1) is 13.2 Å². The molecule has 0 atom stereocenters. The van der Waals surface area contributed by atoms with Crippen LogP contribution >= 0.6 is 35.3 Å². The van der Waals surface area contributed by atoms with E-state index in [1.807, 2.05) is 0 Å². The van der Waals surface area contributed by atoms with Crippen molar-refractivity contribution in [2.75, 3.05) is 46.9 Å². The molecule has 1 heterocycles. The van der Waals surface area contributed by atoms with Crippen molar-refractivity contribution in [3.63, 3.8) is 0 Å². The van der Waals surface area contributed by atoms with Crippen molar-refractivity contribution in [3.05, 3.63) is 22.4 Å². The summed E-state index contributed by atoms with van der Waals surface area (Å²) in [5, 5.41) is 10.8. The van der Waals surface area contributed by atoms with Gasteiger partial charge in [-0.25, -0.2) is 4.99 Å². The molecule has 0 bridgehead atoms.